The van der Waals surface area contributed by atoms with E-state index in [4.69, 9.17) is 4.74 Å². The first-order valence-corrected chi connectivity index (χ1v) is 9.07. The lowest BCUT2D eigenvalue weighted by molar-refractivity contribution is -0.129. The molecule has 0 saturated heterocycles. The van der Waals surface area contributed by atoms with Crippen molar-refractivity contribution in [1.82, 2.24) is 4.90 Å². The molecule has 0 saturated carbocycles. The Hall–Kier alpha value is -3.08. The minimum Gasteiger partial charge on any atom is -0.493 e. The molecule has 0 heterocycles. The fourth-order valence-electron chi connectivity index (χ4n) is 2.63. The highest BCUT2D eigenvalue weighted by Crippen LogP contribution is 2.19. The number of ether oxygens (including phenoxy) is 1. The minimum atomic E-state index is -0.250. The molecule has 27 heavy (non-hydrogen) atoms. The van der Waals surface area contributed by atoms with Crippen molar-refractivity contribution < 1.29 is 14.3 Å². The molecule has 2 aromatic carbocycles. The largest absolute Gasteiger partial charge is 0.493 e. The van der Waals surface area contributed by atoms with E-state index in [2.05, 4.69) is 5.32 Å². The summed E-state index contributed by atoms with van der Waals surface area (Å²) in [6, 6.07) is 15.2. The van der Waals surface area contributed by atoms with Crippen LogP contribution in [0.2, 0.25) is 0 Å². The number of hydrogen-bond acceptors (Lipinski definition) is 3. The van der Waals surface area contributed by atoms with Crippen molar-refractivity contribution in [2.75, 3.05) is 25.5 Å². The predicted octanol–water partition coefficient (Wildman–Crippen LogP) is 3.76. The number of carbonyl (C=O) groups excluding carboxylic acids is 2. The average molecular weight is 366 g/mol. The summed E-state index contributed by atoms with van der Waals surface area (Å²) in [5, 5.41) is 2.87. The van der Waals surface area contributed by atoms with Gasteiger partial charge in [0.2, 0.25) is 11.8 Å². The Balaban J connectivity index is 1.96. The van der Waals surface area contributed by atoms with E-state index in [1.54, 1.807) is 13.1 Å². The molecular weight excluding hydrogens is 340 g/mol. The Morgan fingerprint density at radius 1 is 1.07 bits per heavy atom. The Kier molecular flexibility index (Phi) is 7.62. The third kappa shape index (κ3) is 5.99. The molecular formula is C22H26N2O3. The molecule has 0 bridgehead atoms. The number of carbonyl (C=O) groups is 2. The number of rotatable bonds is 8. The smallest absolute Gasteiger partial charge is 0.246 e. The molecule has 5 nitrogen and oxygen atoms in total. The summed E-state index contributed by atoms with van der Waals surface area (Å²) in [5.41, 5.74) is 2.67. The summed E-state index contributed by atoms with van der Waals surface area (Å²) in [7, 11) is 1.60. The fraction of sp³-hybridized carbons (Fsp3) is 0.273. The zero-order valence-electron chi connectivity index (χ0n) is 16.1. The van der Waals surface area contributed by atoms with Crippen molar-refractivity contribution in [2.24, 2.45) is 0 Å². The molecule has 0 aliphatic carbocycles. The Labute approximate surface area is 160 Å². The molecule has 0 aliphatic rings. The number of nitrogens with one attached hydrogen (secondary N) is 1. The molecule has 0 radical (unpaired) electrons. The molecule has 142 valence electrons. The number of nitrogens with zero attached hydrogens (tertiary/aromatic N) is 1. The van der Waals surface area contributed by atoms with Crippen molar-refractivity contribution in [3.8, 4) is 5.75 Å². The van der Waals surface area contributed by atoms with E-state index in [1.165, 1.54) is 11.0 Å². The summed E-state index contributed by atoms with van der Waals surface area (Å²) >= 11 is 0. The molecule has 0 spiro atoms. The van der Waals surface area contributed by atoms with Gasteiger partial charge in [-0.3, -0.25) is 9.59 Å². The van der Waals surface area contributed by atoms with Crippen LogP contribution in [-0.2, 0) is 16.0 Å². The van der Waals surface area contributed by atoms with Gasteiger partial charge >= 0.3 is 0 Å². The maximum absolute atomic E-state index is 12.3. The molecule has 0 aliphatic heterocycles. The maximum Gasteiger partial charge on any atom is 0.246 e. The van der Waals surface area contributed by atoms with Crippen molar-refractivity contribution in [2.45, 2.75) is 20.3 Å². The predicted molar refractivity (Wildman–Crippen MR) is 109 cm³/mol. The summed E-state index contributed by atoms with van der Waals surface area (Å²) in [6.45, 7) is 4.48. The number of likely N-dealkylation sites (N-methyl/N-ethyl adjacent to an activating group) is 1. The van der Waals surface area contributed by atoms with Crippen molar-refractivity contribution >= 4 is 23.6 Å². The molecule has 1 N–H and O–H groups in total. The van der Waals surface area contributed by atoms with Crippen molar-refractivity contribution in [3.05, 3.63) is 65.7 Å². The number of benzene rings is 2. The van der Waals surface area contributed by atoms with Crippen LogP contribution in [0.1, 0.15) is 25.0 Å². The Morgan fingerprint density at radius 2 is 1.78 bits per heavy atom. The third-order valence-electron chi connectivity index (χ3n) is 4.05. The third-order valence-corrected chi connectivity index (χ3v) is 4.05. The van der Waals surface area contributed by atoms with Crippen LogP contribution in [0.15, 0.2) is 54.6 Å². The van der Waals surface area contributed by atoms with Gasteiger partial charge in [0.15, 0.2) is 0 Å². The van der Waals surface area contributed by atoms with Crippen LogP contribution in [0.5, 0.6) is 5.75 Å². The van der Waals surface area contributed by atoms with Gasteiger partial charge in [-0.15, -0.1) is 0 Å². The van der Waals surface area contributed by atoms with E-state index >= 15 is 0 Å². The van der Waals surface area contributed by atoms with E-state index in [-0.39, 0.29) is 18.4 Å². The first-order valence-electron chi connectivity index (χ1n) is 9.07. The van der Waals surface area contributed by atoms with Gasteiger partial charge in [0, 0.05) is 24.4 Å². The lowest BCUT2D eigenvalue weighted by Gasteiger charge is -2.16. The molecule has 2 rings (SSSR count). The second-order valence-electron chi connectivity index (χ2n) is 6.06. The first-order chi connectivity index (χ1) is 13.0. The highest BCUT2D eigenvalue weighted by molar-refractivity contribution is 5.98. The highest BCUT2D eigenvalue weighted by Gasteiger charge is 2.12. The van der Waals surface area contributed by atoms with Crippen LogP contribution in [0.25, 0.3) is 6.08 Å². The van der Waals surface area contributed by atoms with Gasteiger partial charge in [0.25, 0.3) is 0 Å². The average Bonchev–Trinajstić information content (AvgIpc) is 2.67. The fourth-order valence-corrected chi connectivity index (χ4v) is 2.63. The van der Waals surface area contributed by atoms with Gasteiger partial charge < -0.3 is 15.0 Å². The second-order valence-corrected chi connectivity index (χ2v) is 6.06. The molecule has 0 aromatic heterocycles. The lowest BCUT2D eigenvalue weighted by atomic mass is 10.1. The van der Waals surface area contributed by atoms with E-state index in [1.807, 2.05) is 62.4 Å². The summed E-state index contributed by atoms with van der Waals surface area (Å²) < 4.78 is 5.54. The molecule has 5 heteroatoms. The Bertz CT molecular complexity index is 815. The number of hydrogen-bond donors (Lipinski definition) is 1. The van der Waals surface area contributed by atoms with Crippen LogP contribution >= 0.6 is 0 Å². The number of anilines is 1. The normalized spacial score (nSPS) is 10.6. The second kappa shape index (κ2) is 10.2. The van der Waals surface area contributed by atoms with E-state index in [0.717, 1.165) is 29.0 Å². The van der Waals surface area contributed by atoms with Gasteiger partial charge in [-0.2, -0.15) is 0 Å². The van der Waals surface area contributed by atoms with Crippen LogP contribution in [0.3, 0.4) is 0 Å². The first kappa shape index (κ1) is 20.2. The number of aryl methyl sites for hydroxylation is 1. The van der Waals surface area contributed by atoms with Crippen molar-refractivity contribution in [3.63, 3.8) is 0 Å². The van der Waals surface area contributed by atoms with Crippen molar-refractivity contribution in [1.29, 1.82) is 0 Å². The minimum absolute atomic E-state index is 0.0195. The number of amides is 2. The quantitative estimate of drug-likeness (QED) is 0.724. The van der Waals surface area contributed by atoms with Gasteiger partial charge in [-0.25, -0.2) is 0 Å². The van der Waals surface area contributed by atoms with Crippen LogP contribution in [0, 0.1) is 0 Å². The monoisotopic (exact) mass is 366 g/mol. The summed E-state index contributed by atoms with van der Waals surface area (Å²) in [4.78, 5) is 26.0. The molecule has 2 aromatic rings. The Morgan fingerprint density at radius 3 is 2.52 bits per heavy atom. The van der Waals surface area contributed by atoms with Crippen LogP contribution in [0.4, 0.5) is 5.69 Å². The van der Waals surface area contributed by atoms with Crippen LogP contribution in [-0.4, -0.2) is 36.9 Å². The lowest BCUT2D eigenvalue weighted by Crippen LogP contribution is -2.34. The molecule has 0 atom stereocenters. The van der Waals surface area contributed by atoms with Gasteiger partial charge in [-0.05, 0) is 37.1 Å². The van der Waals surface area contributed by atoms with Gasteiger partial charge in [0.1, 0.15) is 5.75 Å². The SMILES string of the molecule is CCOc1ccccc1/C=C/C(=O)N(C)CC(=O)Nc1ccccc1CC. The standard InChI is InChI=1S/C22H26N2O3/c1-4-17-10-6-8-12-19(17)23-21(25)16-24(3)22(26)15-14-18-11-7-9-13-20(18)27-5-2/h6-15H,4-5,16H2,1-3H3,(H,23,25)/b15-14+. The topological polar surface area (TPSA) is 58.6 Å². The molecule has 0 fully saturated rings. The summed E-state index contributed by atoms with van der Waals surface area (Å²) in [6.07, 6.45) is 3.98. The zero-order chi connectivity index (χ0) is 19.6. The van der Waals surface area contributed by atoms with Gasteiger partial charge in [-0.1, -0.05) is 43.3 Å². The maximum atomic E-state index is 12.3. The van der Waals surface area contributed by atoms with E-state index in [9.17, 15) is 9.59 Å². The van der Waals surface area contributed by atoms with E-state index < -0.39 is 0 Å². The van der Waals surface area contributed by atoms with E-state index in [0.29, 0.717) is 6.61 Å². The van der Waals surface area contributed by atoms with Gasteiger partial charge in [0.05, 0.1) is 13.2 Å². The highest BCUT2D eigenvalue weighted by atomic mass is 16.5. The van der Waals surface area contributed by atoms with Crippen LogP contribution < -0.4 is 10.1 Å². The zero-order valence-corrected chi connectivity index (χ0v) is 16.1. The summed E-state index contributed by atoms with van der Waals surface area (Å²) in [5.74, 6) is 0.246. The molecule has 2 amide bonds. The molecule has 0 unspecified atom stereocenters. The number of para-hydroxylation sites is 2.